The van der Waals surface area contributed by atoms with Gasteiger partial charge in [-0.2, -0.15) is 0 Å². The molecule has 2 bridgehead atoms. The predicted molar refractivity (Wildman–Crippen MR) is 286 cm³/mol. The highest BCUT2D eigenvalue weighted by Crippen LogP contribution is 2.41. The highest BCUT2D eigenvalue weighted by Gasteiger charge is 2.53. The van der Waals surface area contributed by atoms with Crippen LogP contribution in [0.1, 0.15) is 165 Å². The predicted octanol–water partition coefficient (Wildman–Crippen LogP) is 1.18. The molecule has 4 aliphatic rings. The van der Waals surface area contributed by atoms with Crippen LogP contribution in [0, 0.1) is 29.6 Å². The minimum atomic E-state index is -2.47. The van der Waals surface area contributed by atoms with Crippen LogP contribution in [0.2, 0.25) is 0 Å². The van der Waals surface area contributed by atoms with Crippen LogP contribution in [0.5, 0.6) is 0 Å². The molecule has 4 rings (SSSR count). The van der Waals surface area contributed by atoms with E-state index in [0.29, 0.717) is 6.42 Å². The van der Waals surface area contributed by atoms with Gasteiger partial charge in [0.05, 0.1) is 79.4 Å². The zero-order chi connectivity index (χ0) is 60.6. The lowest BCUT2D eigenvalue weighted by Crippen LogP contribution is -2.59. The van der Waals surface area contributed by atoms with Crippen molar-refractivity contribution in [2.24, 2.45) is 29.6 Å². The largest absolute Gasteiger partial charge is 0.481 e. The average molecular weight is 1170 g/mol. The number of esters is 3. The number of carbonyl (C=O) groups is 4. The second-order valence-corrected chi connectivity index (χ2v) is 23.9. The van der Waals surface area contributed by atoms with Crippen molar-refractivity contribution in [3.05, 3.63) is 12.2 Å². The molecule has 3 fully saturated rings. The van der Waals surface area contributed by atoms with Crippen LogP contribution in [0.15, 0.2) is 12.2 Å². The van der Waals surface area contributed by atoms with E-state index in [-0.39, 0.29) is 83.5 Å². The summed E-state index contributed by atoms with van der Waals surface area (Å²) in [7, 11) is 0. The highest BCUT2D eigenvalue weighted by molar-refractivity contribution is 5.90. The topological polar surface area (TPSA) is 399 Å². The summed E-state index contributed by atoms with van der Waals surface area (Å²) in [5.74, 6) is -10.0. The van der Waals surface area contributed by atoms with Gasteiger partial charge < -0.3 is 99.5 Å². The number of carboxylic acid groups (broad SMARTS) is 1. The molecule has 0 aromatic rings. The number of aliphatic hydroxyl groups excluding tert-OH is 11. The van der Waals surface area contributed by atoms with Crippen molar-refractivity contribution in [3.8, 4) is 0 Å². The third-order valence-corrected chi connectivity index (χ3v) is 16.9. The number of aliphatic carboxylic acids is 1. The second-order valence-electron chi connectivity index (χ2n) is 23.9. The van der Waals surface area contributed by atoms with E-state index in [2.05, 4.69) is 0 Å². The van der Waals surface area contributed by atoms with Crippen molar-refractivity contribution >= 4 is 23.9 Å². The molecule has 0 amide bonds. The van der Waals surface area contributed by atoms with Crippen LogP contribution >= 0.6 is 0 Å². The zero-order valence-electron chi connectivity index (χ0n) is 48.4. The van der Waals surface area contributed by atoms with Gasteiger partial charge in [0.25, 0.3) is 0 Å². The van der Waals surface area contributed by atoms with E-state index < -0.39 is 194 Å². The number of fused-ring (bicyclic) bond motifs is 3. The standard InChI is InChI=1S/C57H98O24/c1-9-10-16-46(67)78-44-25-49(76-34(8)52(44)72)75-33(7)29(3)50(70)30(4)51(71)31(5)53-32(6)54-55(80-54)41(62)15-12-14-39(77-48(69)26-45(65)66)22-38(61)23-40-24-42(63)56(73)57(74,81-40)27-43(64)28(2)18-19-36(59)21-37(60)20-35(58)13-11-17-47(68)79-53/h11,17,28-44,49-56,58-64,70-74H,9-10,12-16,18-27H2,1-8H3,(H,65,66)/b17-11+/t28-,29+,30-,31+,32+,33+,34+,35+,36+,37+,38+,39-,40-,41+,42+,43-,44-,49+,50+,51+,52+,53-,54+,55+,56-,57+/m1/s1. The first-order valence-electron chi connectivity index (χ1n) is 29.3. The third kappa shape index (κ3) is 22.1. The van der Waals surface area contributed by atoms with Crippen LogP contribution in [-0.2, 0) is 52.3 Å². The Morgan fingerprint density at radius 2 is 1.40 bits per heavy atom. The van der Waals surface area contributed by atoms with Gasteiger partial charge in [-0.3, -0.25) is 14.4 Å². The van der Waals surface area contributed by atoms with Crippen LogP contribution in [0.4, 0.5) is 0 Å². The maximum atomic E-state index is 13.6. The van der Waals surface area contributed by atoms with Gasteiger partial charge in [0, 0.05) is 61.9 Å². The molecule has 3 saturated heterocycles. The van der Waals surface area contributed by atoms with Crippen molar-refractivity contribution < 1.29 is 119 Å². The maximum absolute atomic E-state index is 13.6. The van der Waals surface area contributed by atoms with Crippen LogP contribution in [-0.4, -0.2) is 218 Å². The maximum Gasteiger partial charge on any atom is 0.330 e. The molecule has 24 heteroatoms. The Hall–Kier alpha value is -3.02. The van der Waals surface area contributed by atoms with Crippen molar-refractivity contribution in [2.75, 3.05) is 0 Å². The van der Waals surface area contributed by atoms with Crippen LogP contribution in [0.25, 0.3) is 0 Å². The summed E-state index contributed by atoms with van der Waals surface area (Å²) in [5, 5.41) is 143. The third-order valence-electron chi connectivity index (χ3n) is 16.9. The summed E-state index contributed by atoms with van der Waals surface area (Å²) >= 11 is 0. The molecule has 0 spiro atoms. The number of ether oxygens (including phenoxy) is 7. The molecule has 0 saturated carbocycles. The first-order chi connectivity index (χ1) is 37.9. The quantitative estimate of drug-likeness (QED) is 0.0474. The van der Waals surface area contributed by atoms with Crippen molar-refractivity contribution in [1.29, 1.82) is 0 Å². The minimum Gasteiger partial charge on any atom is -0.481 e. The second kappa shape index (κ2) is 33.0. The van der Waals surface area contributed by atoms with Crippen LogP contribution < -0.4 is 0 Å². The van der Waals surface area contributed by atoms with Crippen molar-refractivity contribution in [2.45, 2.75) is 293 Å². The van der Waals surface area contributed by atoms with Gasteiger partial charge in [-0.1, -0.05) is 54.0 Å². The van der Waals surface area contributed by atoms with E-state index in [1.54, 1.807) is 48.5 Å². The van der Waals surface area contributed by atoms with Crippen molar-refractivity contribution in [1.82, 2.24) is 0 Å². The van der Waals surface area contributed by atoms with Gasteiger partial charge in [-0.05, 0) is 84.0 Å². The van der Waals surface area contributed by atoms with Gasteiger partial charge in [-0.25, -0.2) is 4.79 Å². The number of unbranched alkanes of at least 4 members (excludes halogenated alkanes) is 1. The monoisotopic (exact) mass is 1170 g/mol. The summed E-state index contributed by atoms with van der Waals surface area (Å²) in [5.41, 5.74) is 0. The fourth-order valence-electron chi connectivity index (χ4n) is 11.5. The smallest absolute Gasteiger partial charge is 0.330 e. The number of hydrogen-bond acceptors (Lipinski definition) is 23. The number of aliphatic hydroxyl groups is 12. The molecule has 26 atom stereocenters. The number of carboxylic acids is 1. The Bertz CT molecular complexity index is 1940. The van der Waals surface area contributed by atoms with Crippen LogP contribution in [0.3, 0.4) is 0 Å². The Morgan fingerprint density at radius 1 is 0.728 bits per heavy atom. The number of carbonyl (C=O) groups excluding carboxylic acids is 3. The number of hydrogen-bond donors (Lipinski definition) is 13. The Balaban J connectivity index is 1.53. The molecule has 81 heavy (non-hydrogen) atoms. The number of cyclic esters (lactones) is 1. The zero-order valence-corrected chi connectivity index (χ0v) is 48.4. The summed E-state index contributed by atoms with van der Waals surface area (Å²) < 4.78 is 41.0. The molecule has 4 aliphatic heterocycles. The molecule has 4 heterocycles. The van der Waals surface area contributed by atoms with E-state index in [1.165, 1.54) is 6.08 Å². The fourth-order valence-corrected chi connectivity index (χ4v) is 11.5. The first kappa shape index (κ1) is 70.5. The summed E-state index contributed by atoms with van der Waals surface area (Å²) in [6.45, 7) is 13.6. The van der Waals surface area contributed by atoms with Crippen molar-refractivity contribution in [3.63, 3.8) is 0 Å². The molecule has 13 N–H and O–H groups in total. The molecule has 0 aromatic heterocycles. The summed E-state index contributed by atoms with van der Waals surface area (Å²) in [4.78, 5) is 50.0. The SMILES string of the molecule is CCCCC(=O)O[C@@H]1C[C@@H](O[C@@H](C)[C@H](C)[C@H](O)[C@@H](C)[C@H](O)[C@H](C)[C@H]2OC(=O)/C=C/C[C@H](O)C[C@H](O)C[C@@H](O)CC[C@@H](C)[C@H](O)C[C@]3(O)O[C@H](C[C@@H](O)C[C@H](OC(=O)CC(=O)O)CCC[C@H](O)[C@@H]4O[C@H]4[C@H]2C)C[C@H](O)[C@H]3O)O[C@@H](C)[C@@H]1O. The number of epoxide rings is 1. The highest BCUT2D eigenvalue weighted by atomic mass is 16.7. The molecule has 24 nitrogen and oxygen atoms in total. The van der Waals surface area contributed by atoms with E-state index in [9.17, 15) is 85.6 Å². The van der Waals surface area contributed by atoms with E-state index >= 15 is 0 Å². The Morgan fingerprint density at radius 3 is 2.06 bits per heavy atom. The summed E-state index contributed by atoms with van der Waals surface area (Å²) in [6.07, 6.45) is -20.3. The first-order valence-corrected chi connectivity index (χ1v) is 29.3. The Labute approximate surface area is 475 Å². The van der Waals surface area contributed by atoms with E-state index in [4.69, 9.17) is 33.2 Å². The molecule has 0 aromatic carbocycles. The molecule has 0 aliphatic carbocycles. The molecule has 0 radical (unpaired) electrons. The molecular weight excluding hydrogens is 1070 g/mol. The van der Waals surface area contributed by atoms with Gasteiger partial charge in [-0.15, -0.1) is 0 Å². The van der Waals surface area contributed by atoms with E-state index in [1.807, 2.05) is 6.92 Å². The van der Waals surface area contributed by atoms with Gasteiger partial charge >= 0.3 is 23.9 Å². The lowest BCUT2D eigenvalue weighted by atomic mass is 9.77. The average Bonchev–Trinajstić information content (AvgIpc) is 4.22. The molecule has 470 valence electrons. The normalized spacial score (nSPS) is 40.3. The van der Waals surface area contributed by atoms with Gasteiger partial charge in [0.2, 0.25) is 0 Å². The molecule has 0 unspecified atom stereocenters. The Kier molecular flexibility index (Phi) is 28.7. The van der Waals surface area contributed by atoms with E-state index in [0.717, 1.165) is 12.5 Å². The van der Waals surface area contributed by atoms with Gasteiger partial charge in [0.15, 0.2) is 12.1 Å². The molecular formula is C57H98O24. The summed E-state index contributed by atoms with van der Waals surface area (Å²) in [6, 6.07) is 0. The lowest BCUT2D eigenvalue weighted by Gasteiger charge is -2.45. The number of rotatable bonds is 15. The fraction of sp³-hybridized carbons (Fsp3) is 0.895. The van der Waals surface area contributed by atoms with Gasteiger partial charge in [0.1, 0.15) is 43.0 Å². The minimum absolute atomic E-state index is 0.0265. The lowest BCUT2D eigenvalue weighted by molar-refractivity contribution is -0.333.